The number of nitrogens with one attached hydrogen (secondary N) is 2. The molecule has 1 aliphatic rings. The summed E-state index contributed by atoms with van der Waals surface area (Å²) < 4.78 is 5.64. The van der Waals surface area contributed by atoms with Crippen molar-refractivity contribution in [3.05, 3.63) is 0 Å². The first kappa shape index (κ1) is 12.9. The zero-order chi connectivity index (χ0) is 11.1. The molecule has 0 aromatic carbocycles. The van der Waals surface area contributed by atoms with Crippen molar-refractivity contribution in [2.24, 2.45) is 0 Å². The molecule has 0 aliphatic carbocycles. The van der Waals surface area contributed by atoms with Crippen LogP contribution in [0.2, 0.25) is 0 Å². The highest BCUT2D eigenvalue weighted by Crippen LogP contribution is 2.08. The quantitative estimate of drug-likeness (QED) is 0.703. The second-order valence-corrected chi connectivity index (χ2v) is 4.97. The van der Waals surface area contributed by atoms with Gasteiger partial charge in [-0.15, -0.1) is 0 Å². The van der Waals surface area contributed by atoms with Crippen molar-refractivity contribution in [2.75, 3.05) is 26.2 Å². The molecule has 0 saturated carbocycles. The van der Waals surface area contributed by atoms with Gasteiger partial charge >= 0.3 is 0 Å². The fourth-order valence-corrected chi connectivity index (χ4v) is 2.09. The van der Waals surface area contributed by atoms with Crippen LogP contribution >= 0.6 is 0 Å². The van der Waals surface area contributed by atoms with E-state index in [1.165, 1.54) is 25.8 Å². The molecule has 0 spiro atoms. The smallest absolute Gasteiger partial charge is 0.0750 e. The number of hydrogen-bond donors (Lipinski definition) is 2. The van der Waals surface area contributed by atoms with Crippen LogP contribution in [0.25, 0.3) is 0 Å². The predicted molar refractivity (Wildman–Crippen MR) is 64.2 cm³/mol. The van der Waals surface area contributed by atoms with Crippen LogP contribution in [-0.2, 0) is 4.74 Å². The number of hydrogen-bond acceptors (Lipinski definition) is 3. The maximum atomic E-state index is 5.64. The summed E-state index contributed by atoms with van der Waals surface area (Å²) in [5, 5.41) is 7.03. The molecule has 0 aromatic heterocycles. The molecule has 90 valence electrons. The number of rotatable bonds is 6. The molecule has 3 heteroatoms. The maximum Gasteiger partial charge on any atom is 0.0750 e. The molecule has 0 aromatic rings. The minimum absolute atomic E-state index is 0.0383. The average molecular weight is 214 g/mol. The Morgan fingerprint density at radius 1 is 1.40 bits per heavy atom. The van der Waals surface area contributed by atoms with E-state index < -0.39 is 0 Å². The Bertz CT molecular complexity index is 165. The molecule has 1 heterocycles. The molecule has 0 amide bonds. The highest BCUT2D eigenvalue weighted by molar-refractivity contribution is 4.77. The van der Waals surface area contributed by atoms with Gasteiger partial charge in [0.05, 0.1) is 5.60 Å². The van der Waals surface area contributed by atoms with Gasteiger partial charge in [0, 0.05) is 25.7 Å². The Balaban J connectivity index is 2.09. The lowest BCUT2D eigenvalue weighted by Gasteiger charge is -2.28. The first-order valence-electron chi connectivity index (χ1n) is 6.22. The van der Waals surface area contributed by atoms with Gasteiger partial charge < -0.3 is 15.4 Å². The Kier molecular flexibility index (Phi) is 5.58. The van der Waals surface area contributed by atoms with E-state index in [0.717, 1.165) is 19.7 Å². The third-order valence-electron chi connectivity index (χ3n) is 2.89. The summed E-state index contributed by atoms with van der Waals surface area (Å²) >= 11 is 0. The highest BCUT2D eigenvalue weighted by Gasteiger charge is 2.18. The summed E-state index contributed by atoms with van der Waals surface area (Å²) in [7, 11) is 0. The molecule has 15 heavy (non-hydrogen) atoms. The molecule has 0 radical (unpaired) electrons. The van der Waals surface area contributed by atoms with E-state index in [-0.39, 0.29) is 5.60 Å². The molecule has 1 saturated heterocycles. The van der Waals surface area contributed by atoms with Gasteiger partial charge in [-0.2, -0.15) is 0 Å². The third kappa shape index (κ3) is 5.50. The Hall–Kier alpha value is -0.120. The van der Waals surface area contributed by atoms with E-state index >= 15 is 0 Å². The summed E-state index contributed by atoms with van der Waals surface area (Å²) in [5.41, 5.74) is -0.0383. The Morgan fingerprint density at radius 2 is 2.20 bits per heavy atom. The van der Waals surface area contributed by atoms with Gasteiger partial charge in [-0.05, 0) is 40.2 Å². The van der Waals surface area contributed by atoms with Gasteiger partial charge in [-0.1, -0.05) is 6.42 Å². The number of ether oxygens (including phenoxy) is 1. The standard InChI is InChI=1S/C12H26N2O/c1-4-15-12(2,3)10-13-9-11-7-5-6-8-14-11/h11,13-14H,4-10H2,1-3H3. The van der Waals surface area contributed by atoms with Crippen molar-refractivity contribution in [1.29, 1.82) is 0 Å². The topological polar surface area (TPSA) is 33.3 Å². The average Bonchev–Trinajstić information content (AvgIpc) is 2.19. The Morgan fingerprint density at radius 3 is 2.80 bits per heavy atom. The molecule has 2 N–H and O–H groups in total. The lowest BCUT2D eigenvalue weighted by Crippen LogP contribution is -2.46. The summed E-state index contributed by atoms with van der Waals surface area (Å²) in [6.45, 7) is 10.3. The van der Waals surface area contributed by atoms with Gasteiger partial charge in [0.1, 0.15) is 0 Å². The lowest BCUT2D eigenvalue weighted by atomic mass is 10.0. The Labute approximate surface area is 94.0 Å². The second-order valence-electron chi connectivity index (χ2n) is 4.97. The maximum absolute atomic E-state index is 5.64. The van der Waals surface area contributed by atoms with E-state index in [1.807, 2.05) is 6.92 Å². The summed E-state index contributed by atoms with van der Waals surface area (Å²) in [5.74, 6) is 0. The summed E-state index contributed by atoms with van der Waals surface area (Å²) in [4.78, 5) is 0. The van der Waals surface area contributed by atoms with Gasteiger partial charge in [0.15, 0.2) is 0 Å². The lowest BCUT2D eigenvalue weighted by molar-refractivity contribution is -0.00906. The van der Waals surface area contributed by atoms with E-state index in [4.69, 9.17) is 4.74 Å². The summed E-state index contributed by atoms with van der Waals surface area (Å²) in [6, 6.07) is 0.663. The van der Waals surface area contributed by atoms with Gasteiger partial charge in [0.25, 0.3) is 0 Å². The van der Waals surface area contributed by atoms with Gasteiger partial charge in [-0.3, -0.25) is 0 Å². The number of piperidine rings is 1. The van der Waals surface area contributed by atoms with Crippen LogP contribution in [0.5, 0.6) is 0 Å². The van der Waals surface area contributed by atoms with Gasteiger partial charge in [0.2, 0.25) is 0 Å². The van der Waals surface area contributed by atoms with Crippen molar-refractivity contribution in [3.63, 3.8) is 0 Å². The fraction of sp³-hybridized carbons (Fsp3) is 1.00. The molecule has 3 nitrogen and oxygen atoms in total. The third-order valence-corrected chi connectivity index (χ3v) is 2.89. The van der Waals surface area contributed by atoms with Crippen molar-refractivity contribution in [1.82, 2.24) is 10.6 Å². The minimum Gasteiger partial charge on any atom is -0.375 e. The molecule has 1 fully saturated rings. The molecule has 1 rings (SSSR count). The summed E-state index contributed by atoms with van der Waals surface area (Å²) in [6.07, 6.45) is 4.01. The molecular weight excluding hydrogens is 188 g/mol. The SMILES string of the molecule is CCOC(C)(C)CNCC1CCCCN1. The monoisotopic (exact) mass is 214 g/mol. The second kappa shape index (κ2) is 6.46. The molecule has 1 aliphatic heterocycles. The molecule has 1 atom stereocenters. The van der Waals surface area contributed by atoms with Crippen LogP contribution < -0.4 is 10.6 Å². The van der Waals surface area contributed by atoms with Crippen LogP contribution in [0.1, 0.15) is 40.0 Å². The molecular formula is C12H26N2O. The van der Waals surface area contributed by atoms with Crippen LogP contribution in [0.4, 0.5) is 0 Å². The largest absolute Gasteiger partial charge is 0.375 e. The van der Waals surface area contributed by atoms with Crippen molar-refractivity contribution in [2.45, 2.75) is 51.7 Å². The first-order chi connectivity index (χ1) is 7.14. The first-order valence-corrected chi connectivity index (χ1v) is 6.22. The van der Waals surface area contributed by atoms with Crippen molar-refractivity contribution >= 4 is 0 Å². The van der Waals surface area contributed by atoms with Crippen molar-refractivity contribution < 1.29 is 4.74 Å². The molecule has 1 unspecified atom stereocenters. The van der Waals surface area contributed by atoms with Crippen LogP contribution in [0.3, 0.4) is 0 Å². The van der Waals surface area contributed by atoms with E-state index in [9.17, 15) is 0 Å². The minimum atomic E-state index is -0.0383. The van der Waals surface area contributed by atoms with Gasteiger partial charge in [-0.25, -0.2) is 0 Å². The molecule has 0 bridgehead atoms. The highest BCUT2D eigenvalue weighted by atomic mass is 16.5. The van der Waals surface area contributed by atoms with E-state index in [1.54, 1.807) is 0 Å². The van der Waals surface area contributed by atoms with Crippen LogP contribution in [-0.4, -0.2) is 37.9 Å². The fourth-order valence-electron chi connectivity index (χ4n) is 2.09. The van der Waals surface area contributed by atoms with Crippen LogP contribution in [0, 0.1) is 0 Å². The van der Waals surface area contributed by atoms with Crippen molar-refractivity contribution in [3.8, 4) is 0 Å². The van der Waals surface area contributed by atoms with E-state index in [0.29, 0.717) is 6.04 Å². The predicted octanol–water partition coefficient (Wildman–Crippen LogP) is 1.53. The normalized spacial score (nSPS) is 23.0. The zero-order valence-electron chi connectivity index (χ0n) is 10.4. The van der Waals surface area contributed by atoms with E-state index in [2.05, 4.69) is 24.5 Å². The van der Waals surface area contributed by atoms with Crippen LogP contribution in [0.15, 0.2) is 0 Å². The zero-order valence-corrected chi connectivity index (χ0v) is 10.4.